The van der Waals surface area contributed by atoms with Crippen molar-refractivity contribution in [3.8, 4) is 0 Å². The van der Waals surface area contributed by atoms with Crippen molar-refractivity contribution in [1.82, 2.24) is 0 Å². The summed E-state index contributed by atoms with van der Waals surface area (Å²) in [6.45, 7) is 0. The number of alkyl halides is 1. The smallest absolute Gasteiger partial charge is 0.185 e. The van der Waals surface area contributed by atoms with Crippen molar-refractivity contribution in [3.05, 3.63) is 34.2 Å². The molecule has 15 heavy (non-hydrogen) atoms. The monoisotopic (exact) mass is 262 g/mol. The standard InChI is InChI=1S/C12H7BrO2/c13-11-7-3-1-2-6-4-5-8(14)10(9(6)7)12(11)15/h1-4,11H,5H2. The van der Waals surface area contributed by atoms with Crippen LogP contribution in [0.3, 0.4) is 0 Å². The molecule has 1 aromatic rings. The molecule has 0 saturated carbocycles. The molecule has 1 atom stereocenters. The van der Waals surface area contributed by atoms with Gasteiger partial charge < -0.3 is 0 Å². The second-order valence-corrected chi connectivity index (χ2v) is 4.66. The molecule has 0 heterocycles. The molecule has 2 aliphatic rings. The third-order valence-electron chi connectivity index (χ3n) is 2.91. The molecule has 0 aliphatic heterocycles. The van der Waals surface area contributed by atoms with Crippen molar-refractivity contribution in [2.75, 3.05) is 0 Å². The van der Waals surface area contributed by atoms with E-state index in [9.17, 15) is 9.59 Å². The highest BCUT2D eigenvalue weighted by molar-refractivity contribution is 9.09. The van der Waals surface area contributed by atoms with E-state index < -0.39 is 0 Å². The first-order chi connectivity index (χ1) is 7.20. The van der Waals surface area contributed by atoms with Crippen molar-refractivity contribution in [2.45, 2.75) is 11.2 Å². The van der Waals surface area contributed by atoms with Gasteiger partial charge in [0.25, 0.3) is 0 Å². The Morgan fingerprint density at radius 3 is 2.87 bits per heavy atom. The molecular weight excluding hydrogens is 256 g/mol. The van der Waals surface area contributed by atoms with Crippen molar-refractivity contribution < 1.29 is 9.59 Å². The molecule has 3 rings (SSSR count). The lowest BCUT2D eigenvalue weighted by Crippen LogP contribution is -2.33. The highest BCUT2D eigenvalue weighted by Crippen LogP contribution is 2.30. The third kappa shape index (κ3) is 1.04. The largest absolute Gasteiger partial charge is 0.294 e. The Balaban J connectivity index is 2.57. The number of ketones is 2. The average Bonchev–Trinajstić information content (AvgIpc) is 2.50. The van der Waals surface area contributed by atoms with E-state index >= 15 is 0 Å². The number of hydrogen-bond acceptors (Lipinski definition) is 2. The van der Waals surface area contributed by atoms with Crippen LogP contribution in [0.25, 0.3) is 11.6 Å². The molecule has 0 amide bonds. The molecule has 0 aromatic heterocycles. The fourth-order valence-electron chi connectivity index (χ4n) is 2.23. The summed E-state index contributed by atoms with van der Waals surface area (Å²) in [6.07, 6.45) is 2.24. The van der Waals surface area contributed by atoms with E-state index in [4.69, 9.17) is 0 Å². The predicted octanol–water partition coefficient (Wildman–Crippen LogP) is 0.609. The van der Waals surface area contributed by atoms with E-state index in [-0.39, 0.29) is 16.4 Å². The van der Waals surface area contributed by atoms with Gasteiger partial charge in [0.2, 0.25) is 0 Å². The molecule has 2 nitrogen and oxygen atoms in total. The van der Waals surface area contributed by atoms with Gasteiger partial charge in [0.05, 0.1) is 5.57 Å². The van der Waals surface area contributed by atoms with Gasteiger partial charge in [-0.25, -0.2) is 0 Å². The minimum absolute atomic E-state index is 0.0538. The van der Waals surface area contributed by atoms with Gasteiger partial charge in [-0.05, 0) is 10.8 Å². The molecule has 0 spiro atoms. The first-order valence-corrected chi connectivity index (χ1v) is 5.66. The molecule has 0 fully saturated rings. The van der Waals surface area contributed by atoms with Gasteiger partial charge in [0.15, 0.2) is 11.6 Å². The summed E-state index contributed by atoms with van der Waals surface area (Å²) >= 11 is 3.34. The fraction of sp³-hybridized carbons (Fsp3) is 0.167. The topological polar surface area (TPSA) is 34.1 Å². The van der Waals surface area contributed by atoms with Crippen LogP contribution in [0.15, 0.2) is 18.2 Å². The van der Waals surface area contributed by atoms with Gasteiger partial charge in [0.1, 0.15) is 4.83 Å². The summed E-state index contributed by atoms with van der Waals surface area (Å²) in [4.78, 5) is 23.2. The Hall–Kier alpha value is -1.22. The van der Waals surface area contributed by atoms with Crippen LogP contribution in [-0.4, -0.2) is 11.6 Å². The third-order valence-corrected chi connectivity index (χ3v) is 3.82. The lowest BCUT2D eigenvalue weighted by Gasteiger charge is -2.02. The Morgan fingerprint density at radius 1 is 1.27 bits per heavy atom. The normalized spacial score (nSPS) is 22.7. The lowest BCUT2D eigenvalue weighted by atomic mass is 9.99. The predicted molar refractivity (Wildman–Crippen MR) is 59.9 cm³/mol. The maximum absolute atomic E-state index is 11.9. The number of Topliss-reactive ketones (excluding diaryl/α,β-unsaturated/α-hetero) is 2. The maximum Gasteiger partial charge on any atom is 0.185 e. The highest BCUT2D eigenvalue weighted by Gasteiger charge is 2.34. The summed E-state index contributed by atoms with van der Waals surface area (Å²) < 4.78 is 0. The molecule has 1 aromatic carbocycles. The van der Waals surface area contributed by atoms with E-state index in [1.165, 1.54) is 0 Å². The van der Waals surface area contributed by atoms with E-state index in [2.05, 4.69) is 15.9 Å². The molecule has 74 valence electrons. The fourth-order valence-corrected chi connectivity index (χ4v) is 2.84. The zero-order valence-electron chi connectivity index (χ0n) is 7.79. The molecule has 3 heteroatoms. The van der Waals surface area contributed by atoms with Gasteiger partial charge in [-0.1, -0.05) is 40.2 Å². The second-order valence-electron chi connectivity index (χ2n) is 3.74. The van der Waals surface area contributed by atoms with Gasteiger partial charge >= 0.3 is 0 Å². The summed E-state index contributed by atoms with van der Waals surface area (Å²) in [6, 6.07) is 5.77. The molecule has 0 bridgehead atoms. The Labute approximate surface area is 94.4 Å². The summed E-state index contributed by atoms with van der Waals surface area (Å²) in [5.41, 5.74) is 1.32. The Kier molecular flexibility index (Phi) is 1.74. The van der Waals surface area contributed by atoms with Crippen molar-refractivity contribution in [3.63, 3.8) is 0 Å². The van der Waals surface area contributed by atoms with E-state index in [0.717, 1.165) is 16.0 Å². The van der Waals surface area contributed by atoms with Crippen LogP contribution in [0.2, 0.25) is 0 Å². The molecule has 1 unspecified atom stereocenters. The molecule has 2 aliphatic carbocycles. The average molecular weight is 263 g/mol. The Bertz CT molecular complexity index is 613. The van der Waals surface area contributed by atoms with Crippen LogP contribution in [0, 0.1) is 0 Å². The van der Waals surface area contributed by atoms with Crippen LogP contribution in [0.1, 0.15) is 16.8 Å². The van der Waals surface area contributed by atoms with E-state index in [1.807, 2.05) is 24.3 Å². The highest BCUT2D eigenvalue weighted by atomic mass is 79.9. The lowest BCUT2D eigenvalue weighted by molar-refractivity contribution is -0.117. The number of rotatable bonds is 0. The van der Waals surface area contributed by atoms with Crippen LogP contribution in [0.5, 0.6) is 0 Å². The molecule has 0 radical (unpaired) electrons. The molecular formula is C12H7BrO2. The number of hydrogen-bond donors (Lipinski definition) is 0. The van der Waals surface area contributed by atoms with E-state index in [0.29, 0.717) is 12.0 Å². The maximum atomic E-state index is 11.9. The summed E-state index contributed by atoms with van der Waals surface area (Å²) in [5.74, 6) is -0.141. The zero-order chi connectivity index (χ0) is 10.6. The van der Waals surface area contributed by atoms with Gasteiger partial charge in [-0.15, -0.1) is 0 Å². The van der Waals surface area contributed by atoms with E-state index in [1.54, 1.807) is 0 Å². The quantitative estimate of drug-likeness (QED) is 0.643. The summed E-state index contributed by atoms with van der Waals surface area (Å²) in [7, 11) is 0. The SMILES string of the molecule is O=C1CC=c2cccc3c2=C1C(=O)C3Br. The first kappa shape index (κ1) is 9.04. The van der Waals surface area contributed by atoms with Gasteiger partial charge in [-0.2, -0.15) is 0 Å². The number of benzene rings is 1. The van der Waals surface area contributed by atoms with Crippen molar-refractivity contribution >= 4 is 39.1 Å². The van der Waals surface area contributed by atoms with Gasteiger partial charge in [0, 0.05) is 11.6 Å². The van der Waals surface area contributed by atoms with Crippen molar-refractivity contribution in [1.29, 1.82) is 0 Å². The summed E-state index contributed by atoms with van der Waals surface area (Å²) in [5, 5.41) is 1.86. The minimum atomic E-state index is -0.335. The molecule has 0 N–H and O–H groups in total. The minimum Gasteiger partial charge on any atom is -0.294 e. The Morgan fingerprint density at radius 2 is 2.07 bits per heavy atom. The van der Waals surface area contributed by atoms with Crippen LogP contribution in [-0.2, 0) is 9.59 Å². The van der Waals surface area contributed by atoms with Crippen LogP contribution >= 0.6 is 15.9 Å². The second kappa shape index (κ2) is 2.89. The number of carbonyl (C=O) groups is 2. The molecule has 0 saturated heterocycles. The number of halogens is 1. The van der Waals surface area contributed by atoms with Crippen LogP contribution in [0.4, 0.5) is 0 Å². The van der Waals surface area contributed by atoms with Crippen molar-refractivity contribution in [2.24, 2.45) is 0 Å². The first-order valence-electron chi connectivity index (χ1n) is 4.75. The van der Waals surface area contributed by atoms with Crippen LogP contribution < -0.4 is 10.4 Å². The van der Waals surface area contributed by atoms with Gasteiger partial charge in [-0.3, -0.25) is 9.59 Å². The zero-order valence-corrected chi connectivity index (χ0v) is 9.37. The number of carbonyl (C=O) groups excluding carboxylic acids is 2.